The Morgan fingerprint density at radius 3 is 2.61 bits per heavy atom. The second kappa shape index (κ2) is 4.53. The van der Waals surface area contributed by atoms with E-state index >= 15 is 0 Å². The highest BCUT2D eigenvalue weighted by Crippen LogP contribution is 2.54. The summed E-state index contributed by atoms with van der Waals surface area (Å²) in [4.78, 5) is 0. The molecule has 0 spiro atoms. The van der Waals surface area contributed by atoms with Gasteiger partial charge in [-0.25, -0.2) is 0 Å². The van der Waals surface area contributed by atoms with E-state index in [4.69, 9.17) is 5.73 Å². The number of hydrogen-bond donors (Lipinski definition) is 2. The largest absolute Gasteiger partial charge is 0.506 e. The lowest BCUT2D eigenvalue weighted by molar-refractivity contribution is 0.453. The highest BCUT2D eigenvalue weighted by Gasteiger charge is 2.46. The number of halogens is 1. The van der Waals surface area contributed by atoms with Crippen LogP contribution in [-0.4, -0.2) is 11.7 Å². The van der Waals surface area contributed by atoms with Crippen LogP contribution in [0, 0.1) is 0 Å². The second-order valence-corrected chi connectivity index (χ2v) is 6.62. The van der Waals surface area contributed by atoms with Crippen LogP contribution < -0.4 is 5.73 Å². The molecule has 1 aromatic rings. The fraction of sp³-hybridized carbons (Fsp3) is 0.600. The van der Waals surface area contributed by atoms with Crippen molar-refractivity contribution < 1.29 is 5.11 Å². The molecule has 0 heterocycles. The van der Waals surface area contributed by atoms with Crippen LogP contribution in [0.15, 0.2) is 10.5 Å². The van der Waals surface area contributed by atoms with Crippen LogP contribution in [0.25, 0.3) is 0 Å². The molecule has 0 aromatic heterocycles. The summed E-state index contributed by atoms with van der Waals surface area (Å²) >= 11 is 3.51. The van der Waals surface area contributed by atoms with Crippen LogP contribution in [-0.2, 0) is 18.3 Å². The smallest absolute Gasteiger partial charge is 0.133 e. The first-order valence-electron chi connectivity index (χ1n) is 6.92. The molecule has 1 fully saturated rings. The van der Waals surface area contributed by atoms with Crippen molar-refractivity contribution in [1.29, 1.82) is 0 Å². The van der Waals surface area contributed by atoms with Gasteiger partial charge < -0.3 is 10.8 Å². The first-order chi connectivity index (χ1) is 8.68. The van der Waals surface area contributed by atoms with E-state index in [1.165, 1.54) is 30.4 Å². The molecule has 1 aromatic carbocycles. The predicted molar refractivity (Wildman–Crippen MR) is 77.0 cm³/mol. The Hall–Kier alpha value is -0.540. The van der Waals surface area contributed by atoms with Gasteiger partial charge in [0.2, 0.25) is 0 Å². The fourth-order valence-corrected chi connectivity index (χ4v) is 3.79. The molecular weight excluding hydrogens is 290 g/mol. The predicted octanol–water partition coefficient (Wildman–Crippen LogP) is 3.41. The van der Waals surface area contributed by atoms with Crippen molar-refractivity contribution in [3.05, 3.63) is 27.2 Å². The van der Waals surface area contributed by atoms with Crippen LogP contribution in [0.4, 0.5) is 0 Å². The van der Waals surface area contributed by atoms with Gasteiger partial charge in [-0.2, -0.15) is 0 Å². The molecule has 0 amide bonds. The Balaban J connectivity index is 2.19. The van der Waals surface area contributed by atoms with Crippen molar-refractivity contribution >= 4 is 15.9 Å². The molecule has 0 atom stereocenters. The normalized spacial score (nSPS) is 21.2. The molecule has 0 unspecified atom stereocenters. The third-order valence-electron chi connectivity index (χ3n) is 4.60. The lowest BCUT2D eigenvalue weighted by Crippen LogP contribution is -2.22. The number of phenolic OH excluding ortho intramolecular Hbond substituents is 1. The van der Waals surface area contributed by atoms with E-state index in [-0.39, 0.29) is 5.41 Å². The summed E-state index contributed by atoms with van der Waals surface area (Å²) in [5.41, 5.74) is 10.0. The molecule has 2 nitrogen and oxygen atoms in total. The van der Waals surface area contributed by atoms with Crippen LogP contribution in [0.3, 0.4) is 0 Å². The van der Waals surface area contributed by atoms with Crippen LogP contribution >= 0.6 is 15.9 Å². The molecule has 0 saturated heterocycles. The van der Waals surface area contributed by atoms with Crippen molar-refractivity contribution in [2.75, 3.05) is 6.54 Å². The monoisotopic (exact) mass is 309 g/mol. The summed E-state index contributed by atoms with van der Waals surface area (Å²) < 4.78 is 0.845. The van der Waals surface area contributed by atoms with Gasteiger partial charge in [0.1, 0.15) is 5.75 Å². The maximum absolute atomic E-state index is 10.4. The molecule has 3 N–H and O–H groups in total. The van der Waals surface area contributed by atoms with E-state index < -0.39 is 0 Å². The van der Waals surface area contributed by atoms with Gasteiger partial charge in [0.25, 0.3) is 0 Å². The minimum absolute atomic E-state index is 0.0717. The van der Waals surface area contributed by atoms with E-state index in [1.807, 2.05) is 0 Å². The van der Waals surface area contributed by atoms with Gasteiger partial charge in [0.15, 0.2) is 0 Å². The van der Waals surface area contributed by atoms with Crippen molar-refractivity contribution in [2.24, 2.45) is 5.73 Å². The van der Waals surface area contributed by atoms with E-state index in [9.17, 15) is 5.11 Å². The van der Waals surface area contributed by atoms with Gasteiger partial charge in [0, 0.05) is 17.5 Å². The molecule has 2 aliphatic rings. The van der Waals surface area contributed by atoms with Crippen molar-refractivity contribution in [3.63, 3.8) is 0 Å². The number of fused-ring (bicyclic) bond motifs is 1. The lowest BCUT2D eigenvalue weighted by Gasteiger charge is -2.22. The van der Waals surface area contributed by atoms with E-state index in [0.717, 1.165) is 35.7 Å². The highest BCUT2D eigenvalue weighted by atomic mass is 79.9. The van der Waals surface area contributed by atoms with Crippen LogP contribution in [0.5, 0.6) is 5.75 Å². The third-order valence-corrected chi connectivity index (χ3v) is 5.21. The summed E-state index contributed by atoms with van der Waals surface area (Å²) in [6.07, 6.45) is 8.29. The molecule has 98 valence electrons. The number of aromatic hydroxyl groups is 1. The Morgan fingerprint density at radius 2 is 1.94 bits per heavy atom. The summed E-state index contributed by atoms with van der Waals surface area (Å²) in [6, 6.07) is 2.12. The van der Waals surface area contributed by atoms with Gasteiger partial charge >= 0.3 is 0 Å². The molecular formula is C15H20BrNO. The Morgan fingerprint density at radius 1 is 1.22 bits per heavy atom. The number of hydrogen-bond acceptors (Lipinski definition) is 2. The van der Waals surface area contributed by atoms with Gasteiger partial charge in [0.05, 0.1) is 4.47 Å². The first-order valence-corrected chi connectivity index (χ1v) is 7.71. The fourth-order valence-electron chi connectivity index (χ4n) is 3.31. The summed E-state index contributed by atoms with van der Waals surface area (Å²) in [7, 11) is 0. The van der Waals surface area contributed by atoms with E-state index in [0.29, 0.717) is 12.3 Å². The molecule has 18 heavy (non-hydrogen) atoms. The number of aryl methyl sites for hydroxylation is 1. The van der Waals surface area contributed by atoms with E-state index in [1.54, 1.807) is 0 Å². The van der Waals surface area contributed by atoms with E-state index in [2.05, 4.69) is 22.0 Å². The highest BCUT2D eigenvalue weighted by molar-refractivity contribution is 9.10. The average Bonchev–Trinajstić information content (AvgIpc) is 3.15. The maximum Gasteiger partial charge on any atom is 0.133 e. The Labute approximate surface area is 117 Å². The molecule has 0 aliphatic heterocycles. The zero-order valence-electron chi connectivity index (χ0n) is 10.6. The zero-order valence-corrected chi connectivity index (χ0v) is 12.2. The molecule has 0 bridgehead atoms. The number of rotatable bonds is 2. The molecule has 2 aliphatic carbocycles. The molecule has 3 rings (SSSR count). The summed E-state index contributed by atoms with van der Waals surface area (Å²) in [5.74, 6) is 0.443. The number of benzene rings is 1. The van der Waals surface area contributed by atoms with Gasteiger partial charge in [-0.05, 0) is 71.6 Å². The minimum Gasteiger partial charge on any atom is -0.506 e. The molecule has 0 radical (unpaired) electrons. The molecule has 1 saturated carbocycles. The van der Waals surface area contributed by atoms with Crippen LogP contribution in [0.2, 0.25) is 0 Å². The first kappa shape index (κ1) is 12.5. The zero-order chi connectivity index (χ0) is 12.8. The average molecular weight is 310 g/mol. The Kier molecular flexibility index (Phi) is 3.15. The number of nitrogens with two attached hydrogens (primary N) is 1. The van der Waals surface area contributed by atoms with Crippen LogP contribution in [0.1, 0.15) is 48.8 Å². The SMILES string of the molecule is NCC1(c2c(O)c(Br)cc3c2CCCCC3)CC1. The van der Waals surface area contributed by atoms with Crippen molar-refractivity contribution in [2.45, 2.75) is 50.4 Å². The lowest BCUT2D eigenvalue weighted by atomic mass is 9.86. The summed E-state index contributed by atoms with van der Waals surface area (Å²) in [5, 5.41) is 10.4. The maximum atomic E-state index is 10.4. The van der Waals surface area contributed by atoms with Crippen molar-refractivity contribution in [3.8, 4) is 5.75 Å². The quantitative estimate of drug-likeness (QED) is 0.822. The van der Waals surface area contributed by atoms with Crippen molar-refractivity contribution in [1.82, 2.24) is 0 Å². The van der Waals surface area contributed by atoms with Gasteiger partial charge in [-0.1, -0.05) is 6.42 Å². The minimum atomic E-state index is 0.0717. The summed E-state index contributed by atoms with van der Waals surface area (Å²) in [6.45, 7) is 0.656. The van der Waals surface area contributed by atoms with Gasteiger partial charge in [-0.3, -0.25) is 0 Å². The topological polar surface area (TPSA) is 46.2 Å². The Bertz CT molecular complexity index is 480. The molecule has 3 heteroatoms. The number of phenols is 1. The van der Waals surface area contributed by atoms with Gasteiger partial charge in [-0.15, -0.1) is 0 Å². The second-order valence-electron chi connectivity index (χ2n) is 5.76. The third kappa shape index (κ3) is 1.88. The standard InChI is InChI=1S/C15H20BrNO/c16-12-8-10-4-2-1-3-5-11(10)13(14(12)18)15(9-17)6-7-15/h8,18H,1-7,9,17H2.